The Labute approximate surface area is 213 Å². The molecule has 0 saturated carbocycles. The van der Waals surface area contributed by atoms with Gasteiger partial charge in [0.15, 0.2) is 6.29 Å². The SMILES string of the molecule is COC(O)c1ccncc1NC[C@@H]1CCCc2cc(N(C)c3ccc(C4=CCOCC4)cc3)ccc21. The lowest BCUT2D eigenvalue weighted by Crippen LogP contribution is -2.20. The quantitative estimate of drug-likeness (QED) is 0.392. The molecule has 2 heterocycles. The van der Waals surface area contributed by atoms with Gasteiger partial charge in [-0.2, -0.15) is 0 Å². The Morgan fingerprint density at radius 2 is 1.97 bits per heavy atom. The average molecular weight is 486 g/mol. The van der Waals surface area contributed by atoms with Crippen molar-refractivity contribution < 1.29 is 14.6 Å². The number of ether oxygens (including phenoxy) is 2. The molecule has 3 aromatic rings. The van der Waals surface area contributed by atoms with E-state index in [1.165, 1.54) is 47.2 Å². The Kier molecular flexibility index (Phi) is 7.66. The molecule has 2 aromatic carbocycles. The Hall–Kier alpha value is -3.19. The van der Waals surface area contributed by atoms with Gasteiger partial charge in [-0.1, -0.05) is 24.3 Å². The molecule has 0 saturated heterocycles. The lowest BCUT2D eigenvalue weighted by atomic mass is 9.82. The topological polar surface area (TPSA) is 66.9 Å². The monoisotopic (exact) mass is 485 g/mol. The van der Waals surface area contributed by atoms with Crippen LogP contribution in [-0.4, -0.2) is 44.0 Å². The minimum Gasteiger partial charge on any atom is -0.383 e. The molecule has 1 unspecified atom stereocenters. The Balaban J connectivity index is 1.29. The van der Waals surface area contributed by atoms with Crippen molar-refractivity contribution in [3.63, 3.8) is 0 Å². The van der Waals surface area contributed by atoms with Crippen LogP contribution >= 0.6 is 0 Å². The zero-order chi connectivity index (χ0) is 24.9. The molecule has 6 nitrogen and oxygen atoms in total. The molecule has 0 bridgehead atoms. The first-order valence-electron chi connectivity index (χ1n) is 12.8. The molecule has 0 amide bonds. The Morgan fingerprint density at radius 1 is 1.14 bits per heavy atom. The van der Waals surface area contributed by atoms with Crippen molar-refractivity contribution in [3.05, 3.63) is 89.3 Å². The minimum atomic E-state index is -0.963. The van der Waals surface area contributed by atoms with Crippen LogP contribution in [0.1, 0.15) is 53.7 Å². The van der Waals surface area contributed by atoms with Crippen LogP contribution in [0, 0.1) is 0 Å². The third-order valence-electron chi connectivity index (χ3n) is 7.42. The average Bonchev–Trinajstić information content (AvgIpc) is 2.95. The first kappa shape index (κ1) is 24.5. The summed E-state index contributed by atoms with van der Waals surface area (Å²) in [5.74, 6) is 0.410. The number of nitrogens with one attached hydrogen (secondary N) is 1. The fraction of sp³-hybridized carbons (Fsp3) is 0.367. The van der Waals surface area contributed by atoms with Crippen molar-refractivity contribution in [2.45, 2.75) is 37.9 Å². The number of aliphatic hydroxyl groups is 1. The largest absolute Gasteiger partial charge is 0.383 e. The van der Waals surface area contributed by atoms with E-state index in [-0.39, 0.29) is 0 Å². The van der Waals surface area contributed by atoms with Crippen LogP contribution in [0.2, 0.25) is 0 Å². The van der Waals surface area contributed by atoms with Gasteiger partial charge in [0, 0.05) is 49.8 Å². The van der Waals surface area contributed by atoms with Gasteiger partial charge in [-0.3, -0.25) is 4.98 Å². The number of hydrogen-bond acceptors (Lipinski definition) is 6. The number of aryl methyl sites for hydroxylation is 1. The molecule has 2 atom stereocenters. The summed E-state index contributed by atoms with van der Waals surface area (Å²) in [7, 11) is 3.64. The molecule has 1 aromatic heterocycles. The Morgan fingerprint density at radius 3 is 2.75 bits per heavy atom. The second kappa shape index (κ2) is 11.2. The summed E-state index contributed by atoms with van der Waals surface area (Å²) < 4.78 is 10.6. The highest BCUT2D eigenvalue weighted by Gasteiger charge is 2.22. The zero-order valence-electron chi connectivity index (χ0n) is 21.1. The third-order valence-corrected chi connectivity index (χ3v) is 7.42. The van der Waals surface area contributed by atoms with E-state index in [0.29, 0.717) is 18.1 Å². The summed E-state index contributed by atoms with van der Waals surface area (Å²) in [5.41, 5.74) is 9.40. The number of anilines is 3. The van der Waals surface area contributed by atoms with Gasteiger partial charge in [-0.25, -0.2) is 0 Å². The van der Waals surface area contributed by atoms with E-state index in [1.54, 1.807) is 18.5 Å². The highest BCUT2D eigenvalue weighted by atomic mass is 16.6. The van der Waals surface area contributed by atoms with Crippen molar-refractivity contribution in [1.29, 1.82) is 0 Å². The van der Waals surface area contributed by atoms with Gasteiger partial charge in [-0.15, -0.1) is 0 Å². The van der Waals surface area contributed by atoms with E-state index >= 15 is 0 Å². The Bertz CT molecular complexity index is 1210. The number of hydrogen-bond donors (Lipinski definition) is 2. The third kappa shape index (κ3) is 5.31. The van der Waals surface area contributed by atoms with Crippen LogP contribution in [0.3, 0.4) is 0 Å². The molecule has 1 aliphatic heterocycles. The van der Waals surface area contributed by atoms with Crippen LogP contribution in [0.15, 0.2) is 67.0 Å². The second-order valence-electron chi connectivity index (χ2n) is 9.56. The molecule has 188 valence electrons. The number of rotatable bonds is 8. The first-order chi connectivity index (χ1) is 17.6. The zero-order valence-corrected chi connectivity index (χ0v) is 21.1. The molecular formula is C30H35N3O3. The number of fused-ring (bicyclic) bond motifs is 1. The molecule has 6 heteroatoms. The molecule has 0 fully saturated rings. The molecule has 2 aliphatic rings. The molecule has 1 aliphatic carbocycles. The van der Waals surface area contributed by atoms with E-state index in [2.05, 4.69) is 70.8 Å². The van der Waals surface area contributed by atoms with Crippen LogP contribution in [0.25, 0.3) is 5.57 Å². The standard InChI is InChI=1S/C30H35N3O3/c1-33(25-8-6-21(7-9-25)22-13-16-36-17-14-22)26-10-11-27-23(18-26)4-3-5-24(27)19-32-29-20-31-15-12-28(29)30(34)35-2/h6-13,15,18,20,24,30,32,34H,3-5,14,16-17,19H2,1-2H3/t24-,30?/m0/s1. The fourth-order valence-electron chi connectivity index (χ4n) is 5.29. The summed E-state index contributed by atoms with van der Waals surface area (Å²) >= 11 is 0. The number of aromatic nitrogens is 1. The normalized spacial score (nSPS) is 18.2. The molecule has 0 spiro atoms. The number of nitrogens with zero attached hydrogens (tertiary/aromatic N) is 2. The summed E-state index contributed by atoms with van der Waals surface area (Å²) in [6, 6.07) is 17.5. The van der Waals surface area contributed by atoms with Crippen LogP contribution in [0.4, 0.5) is 17.1 Å². The maximum atomic E-state index is 10.2. The highest BCUT2D eigenvalue weighted by molar-refractivity contribution is 5.70. The summed E-state index contributed by atoms with van der Waals surface area (Å²) in [6.45, 7) is 2.30. The minimum absolute atomic E-state index is 0.410. The maximum Gasteiger partial charge on any atom is 0.182 e. The first-order valence-corrected chi connectivity index (χ1v) is 12.8. The van der Waals surface area contributed by atoms with Crippen molar-refractivity contribution in [2.75, 3.05) is 44.1 Å². The van der Waals surface area contributed by atoms with Crippen molar-refractivity contribution in [2.24, 2.45) is 0 Å². The molecule has 5 rings (SSSR count). The van der Waals surface area contributed by atoms with Gasteiger partial charge >= 0.3 is 0 Å². The number of methoxy groups -OCH3 is 1. The van der Waals surface area contributed by atoms with E-state index < -0.39 is 6.29 Å². The van der Waals surface area contributed by atoms with Gasteiger partial charge in [0.05, 0.1) is 25.1 Å². The van der Waals surface area contributed by atoms with E-state index in [0.717, 1.165) is 38.1 Å². The van der Waals surface area contributed by atoms with Gasteiger partial charge in [-0.05, 0) is 78.3 Å². The summed E-state index contributed by atoms with van der Waals surface area (Å²) in [5, 5.41) is 13.7. The predicted molar refractivity (Wildman–Crippen MR) is 145 cm³/mol. The van der Waals surface area contributed by atoms with Crippen LogP contribution in [0.5, 0.6) is 0 Å². The number of benzene rings is 2. The summed E-state index contributed by atoms with van der Waals surface area (Å²) in [4.78, 5) is 6.48. The van der Waals surface area contributed by atoms with Gasteiger partial charge < -0.3 is 24.8 Å². The number of aliphatic hydroxyl groups excluding tert-OH is 1. The maximum absolute atomic E-state index is 10.2. The van der Waals surface area contributed by atoms with Crippen molar-refractivity contribution in [3.8, 4) is 0 Å². The lowest BCUT2D eigenvalue weighted by Gasteiger charge is -2.29. The fourth-order valence-corrected chi connectivity index (χ4v) is 5.29. The molecule has 36 heavy (non-hydrogen) atoms. The predicted octanol–water partition coefficient (Wildman–Crippen LogP) is 5.82. The van der Waals surface area contributed by atoms with Gasteiger partial charge in [0.25, 0.3) is 0 Å². The number of pyridine rings is 1. The van der Waals surface area contributed by atoms with Crippen molar-refractivity contribution in [1.82, 2.24) is 4.98 Å². The van der Waals surface area contributed by atoms with Crippen LogP contribution < -0.4 is 10.2 Å². The lowest BCUT2D eigenvalue weighted by molar-refractivity contribution is -0.0764. The molecular weight excluding hydrogens is 450 g/mol. The highest BCUT2D eigenvalue weighted by Crippen LogP contribution is 2.36. The van der Waals surface area contributed by atoms with E-state index in [1.807, 2.05) is 0 Å². The van der Waals surface area contributed by atoms with Crippen LogP contribution in [-0.2, 0) is 15.9 Å². The van der Waals surface area contributed by atoms with Gasteiger partial charge in [0.2, 0.25) is 0 Å². The van der Waals surface area contributed by atoms with Crippen molar-refractivity contribution >= 4 is 22.6 Å². The van der Waals surface area contributed by atoms with E-state index in [9.17, 15) is 5.11 Å². The van der Waals surface area contributed by atoms with E-state index in [4.69, 9.17) is 9.47 Å². The smallest absolute Gasteiger partial charge is 0.182 e. The second-order valence-corrected chi connectivity index (χ2v) is 9.56. The summed E-state index contributed by atoms with van der Waals surface area (Å²) in [6.07, 6.45) is 9.03. The molecule has 0 radical (unpaired) electrons. The van der Waals surface area contributed by atoms with Gasteiger partial charge in [0.1, 0.15) is 0 Å². The molecule has 2 N–H and O–H groups in total.